The molecule has 3 heterocycles. The molecule has 7 heteroatoms. The van der Waals surface area contributed by atoms with Crippen molar-refractivity contribution in [2.45, 2.75) is 31.8 Å². The normalized spacial score (nSPS) is 20.9. The molecule has 2 aliphatic rings. The topological polar surface area (TPSA) is 73.7 Å². The van der Waals surface area contributed by atoms with Crippen molar-refractivity contribution in [2.75, 3.05) is 26.2 Å². The Balaban J connectivity index is 1.39. The van der Waals surface area contributed by atoms with Crippen LogP contribution in [-0.2, 0) is 11.2 Å². The lowest BCUT2D eigenvalue weighted by Gasteiger charge is -2.49. The molecule has 2 fully saturated rings. The zero-order valence-corrected chi connectivity index (χ0v) is 16.8. The number of aliphatic hydroxyl groups is 1. The maximum atomic E-state index is 13.9. The van der Waals surface area contributed by atoms with Gasteiger partial charge in [-0.05, 0) is 48.4 Å². The van der Waals surface area contributed by atoms with Gasteiger partial charge in [0.2, 0.25) is 5.91 Å². The van der Waals surface area contributed by atoms with Crippen LogP contribution in [0.2, 0.25) is 0 Å². The maximum Gasteiger partial charge on any atom is 0.255 e. The number of pyridine rings is 1. The summed E-state index contributed by atoms with van der Waals surface area (Å²) in [6.45, 7) is 1.97. The monoisotopic (exact) mass is 411 g/mol. The molecule has 1 aromatic heterocycles. The second-order valence-corrected chi connectivity index (χ2v) is 8.43. The van der Waals surface area contributed by atoms with Crippen molar-refractivity contribution < 1.29 is 19.1 Å². The first-order valence-corrected chi connectivity index (χ1v) is 10.3. The van der Waals surface area contributed by atoms with Crippen molar-refractivity contribution in [1.29, 1.82) is 0 Å². The first kappa shape index (κ1) is 20.5. The molecule has 158 valence electrons. The molecule has 2 aromatic rings. The Morgan fingerprint density at radius 1 is 1.13 bits per heavy atom. The summed E-state index contributed by atoms with van der Waals surface area (Å²) >= 11 is 0. The van der Waals surface area contributed by atoms with E-state index < -0.39 is 6.10 Å². The van der Waals surface area contributed by atoms with Gasteiger partial charge < -0.3 is 14.9 Å². The zero-order valence-electron chi connectivity index (χ0n) is 16.8. The minimum Gasteiger partial charge on any atom is -0.391 e. The van der Waals surface area contributed by atoms with Gasteiger partial charge in [0.05, 0.1) is 18.1 Å². The number of nitrogens with zero attached hydrogens (tertiary/aromatic N) is 3. The number of amides is 2. The van der Waals surface area contributed by atoms with Crippen LogP contribution < -0.4 is 0 Å². The number of aliphatic hydroxyl groups excluding tert-OH is 1. The third kappa shape index (κ3) is 4.36. The van der Waals surface area contributed by atoms with Gasteiger partial charge in [-0.2, -0.15) is 0 Å². The third-order valence-electron chi connectivity index (χ3n) is 6.30. The van der Waals surface area contributed by atoms with E-state index in [4.69, 9.17) is 0 Å². The fraction of sp³-hybridized carbons (Fsp3) is 0.435. The molecule has 1 N–H and O–H groups in total. The number of β-amino-alcohol motifs (C(OH)–C–C–N with tert-alkyl or cyclic N) is 1. The van der Waals surface area contributed by atoms with Crippen molar-refractivity contribution in [3.05, 3.63) is 65.7 Å². The highest BCUT2D eigenvalue weighted by atomic mass is 19.1. The van der Waals surface area contributed by atoms with Crippen LogP contribution in [0.1, 0.15) is 35.2 Å². The molecular weight excluding hydrogens is 385 g/mol. The summed E-state index contributed by atoms with van der Waals surface area (Å²) < 4.78 is 13.9. The molecule has 2 aliphatic heterocycles. The van der Waals surface area contributed by atoms with Crippen molar-refractivity contribution in [2.24, 2.45) is 5.41 Å². The van der Waals surface area contributed by atoms with Crippen LogP contribution in [0.25, 0.3) is 0 Å². The summed E-state index contributed by atoms with van der Waals surface area (Å²) in [7, 11) is 0. The minimum absolute atomic E-state index is 0.0495. The third-order valence-corrected chi connectivity index (χ3v) is 6.30. The first-order chi connectivity index (χ1) is 14.5. The highest BCUT2D eigenvalue weighted by Crippen LogP contribution is 2.40. The van der Waals surface area contributed by atoms with Gasteiger partial charge in [0.25, 0.3) is 5.91 Å². The summed E-state index contributed by atoms with van der Waals surface area (Å²) in [5.74, 6) is -0.576. The van der Waals surface area contributed by atoms with E-state index in [0.29, 0.717) is 56.6 Å². The van der Waals surface area contributed by atoms with Gasteiger partial charge in [0.15, 0.2) is 0 Å². The Labute approximate surface area is 175 Å². The van der Waals surface area contributed by atoms with E-state index in [1.165, 1.54) is 6.07 Å². The van der Waals surface area contributed by atoms with Gasteiger partial charge in [-0.15, -0.1) is 0 Å². The number of carbonyl (C=O) groups excluding carboxylic acids is 2. The summed E-state index contributed by atoms with van der Waals surface area (Å²) in [5, 5.41) is 10.5. The van der Waals surface area contributed by atoms with Crippen LogP contribution in [0.15, 0.2) is 48.8 Å². The molecule has 6 nitrogen and oxygen atoms in total. The lowest BCUT2D eigenvalue weighted by molar-refractivity contribution is -0.134. The molecule has 0 aliphatic carbocycles. The van der Waals surface area contributed by atoms with Crippen LogP contribution in [0, 0.1) is 11.2 Å². The maximum absolute atomic E-state index is 13.9. The molecule has 1 spiro atoms. The Bertz CT molecular complexity index is 913. The lowest BCUT2D eigenvalue weighted by Crippen LogP contribution is -2.56. The molecule has 2 saturated heterocycles. The van der Waals surface area contributed by atoms with Crippen LogP contribution in [0.5, 0.6) is 0 Å². The average Bonchev–Trinajstić information content (AvgIpc) is 2.75. The van der Waals surface area contributed by atoms with E-state index in [1.54, 1.807) is 52.5 Å². The summed E-state index contributed by atoms with van der Waals surface area (Å²) in [4.78, 5) is 33.0. The largest absolute Gasteiger partial charge is 0.391 e. The molecular formula is C23H26FN3O3. The second-order valence-electron chi connectivity index (χ2n) is 8.43. The fourth-order valence-electron chi connectivity index (χ4n) is 4.69. The quantitative estimate of drug-likeness (QED) is 0.841. The number of piperidine rings is 2. The summed E-state index contributed by atoms with van der Waals surface area (Å²) in [5.41, 5.74) is 0.716. The van der Waals surface area contributed by atoms with Crippen molar-refractivity contribution in [3.8, 4) is 0 Å². The number of hydrogen-bond donors (Lipinski definition) is 1. The molecule has 1 atom stereocenters. The fourth-order valence-corrected chi connectivity index (χ4v) is 4.69. The highest BCUT2D eigenvalue weighted by molar-refractivity contribution is 5.94. The Hall–Kier alpha value is -2.80. The molecule has 2 amide bonds. The van der Waals surface area contributed by atoms with Gasteiger partial charge in [-0.25, -0.2) is 4.39 Å². The van der Waals surface area contributed by atoms with E-state index in [-0.39, 0.29) is 29.5 Å². The van der Waals surface area contributed by atoms with Gasteiger partial charge in [-0.3, -0.25) is 14.6 Å². The van der Waals surface area contributed by atoms with Crippen LogP contribution >= 0.6 is 0 Å². The van der Waals surface area contributed by atoms with E-state index in [2.05, 4.69) is 4.98 Å². The molecule has 0 bridgehead atoms. The Kier molecular flexibility index (Phi) is 5.81. The predicted molar refractivity (Wildman–Crippen MR) is 109 cm³/mol. The molecule has 0 saturated carbocycles. The van der Waals surface area contributed by atoms with Crippen LogP contribution in [-0.4, -0.2) is 64.0 Å². The highest BCUT2D eigenvalue weighted by Gasteiger charge is 2.43. The van der Waals surface area contributed by atoms with Crippen LogP contribution in [0.3, 0.4) is 0 Å². The van der Waals surface area contributed by atoms with E-state index in [0.717, 1.165) is 0 Å². The molecule has 4 rings (SSSR count). The number of rotatable bonds is 3. The summed E-state index contributed by atoms with van der Waals surface area (Å²) in [6.07, 6.45) is 4.68. The van der Waals surface area contributed by atoms with E-state index >= 15 is 0 Å². The van der Waals surface area contributed by atoms with Crippen LogP contribution in [0.4, 0.5) is 4.39 Å². The van der Waals surface area contributed by atoms with Crippen molar-refractivity contribution in [1.82, 2.24) is 14.8 Å². The Morgan fingerprint density at radius 3 is 2.60 bits per heavy atom. The smallest absolute Gasteiger partial charge is 0.255 e. The van der Waals surface area contributed by atoms with Gasteiger partial charge in [-0.1, -0.05) is 18.2 Å². The number of hydrogen-bond acceptors (Lipinski definition) is 4. The minimum atomic E-state index is -0.583. The molecule has 30 heavy (non-hydrogen) atoms. The predicted octanol–water partition coefficient (Wildman–Crippen LogP) is 2.28. The van der Waals surface area contributed by atoms with Gasteiger partial charge in [0, 0.05) is 38.6 Å². The number of likely N-dealkylation sites (tertiary alicyclic amines) is 2. The van der Waals surface area contributed by atoms with E-state index in [1.807, 2.05) is 0 Å². The second kappa shape index (κ2) is 8.52. The standard InChI is InChI=1S/C23H26FN3O3/c24-20-6-2-1-4-17(20)12-21(29)26-10-7-23(8-11-26)13-19(28)15-27(16-23)22(30)18-5-3-9-25-14-18/h1-6,9,14,19,28H,7-8,10-13,15-16H2. The average molecular weight is 411 g/mol. The molecule has 1 unspecified atom stereocenters. The lowest BCUT2D eigenvalue weighted by atomic mass is 9.71. The summed E-state index contributed by atoms with van der Waals surface area (Å²) in [6, 6.07) is 9.80. The molecule has 0 radical (unpaired) electrons. The number of carbonyl (C=O) groups is 2. The number of aromatic nitrogens is 1. The first-order valence-electron chi connectivity index (χ1n) is 10.3. The zero-order chi connectivity index (χ0) is 21.1. The SMILES string of the molecule is O=C(Cc1ccccc1F)N1CCC2(CC1)CC(O)CN(C(=O)c1cccnc1)C2. The van der Waals surface area contributed by atoms with Gasteiger partial charge >= 0.3 is 0 Å². The Morgan fingerprint density at radius 2 is 1.90 bits per heavy atom. The van der Waals surface area contributed by atoms with Crippen molar-refractivity contribution in [3.63, 3.8) is 0 Å². The number of halogens is 1. The van der Waals surface area contributed by atoms with Gasteiger partial charge in [0.1, 0.15) is 5.82 Å². The van der Waals surface area contributed by atoms with Crippen molar-refractivity contribution >= 4 is 11.8 Å². The van der Waals surface area contributed by atoms with E-state index in [9.17, 15) is 19.1 Å². The number of benzene rings is 1. The molecule has 1 aromatic carbocycles.